The predicted octanol–water partition coefficient (Wildman–Crippen LogP) is 5.20. The first kappa shape index (κ1) is 29.2. The molecule has 4 N–H and O–H groups in total. The van der Waals surface area contributed by atoms with Gasteiger partial charge < -0.3 is 25.4 Å². The maximum Gasteiger partial charge on any atom is 0.340 e. The molecule has 1 unspecified atom stereocenters. The van der Waals surface area contributed by atoms with E-state index in [9.17, 15) is 24.9 Å². The second-order valence-electron chi connectivity index (χ2n) is 12.8. The van der Waals surface area contributed by atoms with E-state index in [1.165, 1.54) is 0 Å². The van der Waals surface area contributed by atoms with Gasteiger partial charge in [0.1, 0.15) is 6.10 Å². The number of aliphatic hydroxyl groups is 3. The number of anilines is 2. The molecule has 0 saturated heterocycles. The van der Waals surface area contributed by atoms with E-state index in [4.69, 9.17) is 4.74 Å². The van der Waals surface area contributed by atoms with Crippen LogP contribution in [0, 0.1) is 28.6 Å². The summed E-state index contributed by atoms with van der Waals surface area (Å²) < 4.78 is 6.08. The van der Waals surface area contributed by atoms with Gasteiger partial charge in [0.15, 0.2) is 17.5 Å². The number of allylic oxidation sites excluding steroid dienone is 1. The Morgan fingerprint density at radius 2 is 1.76 bits per heavy atom. The molecular formula is C34H41NO6. The van der Waals surface area contributed by atoms with Gasteiger partial charge in [-0.25, -0.2) is 4.79 Å². The highest BCUT2D eigenvalue weighted by atomic mass is 16.6. The number of aliphatic hydroxyl groups excluding tert-OH is 2. The van der Waals surface area contributed by atoms with Crippen molar-refractivity contribution >= 4 is 23.1 Å². The third kappa shape index (κ3) is 4.46. The van der Waals surface area contributed by atoms with Crippen LogP contribution < -0.4 is 5.32 Å². The van der Waals surface area contributed by atoms with E-state index in [-0.39, 0.29) is 34.2 Å². The second-order valence-corrected chi connectivity index (χ2v) is 12.8. The fourth-order valence-corrected chi connectivity index (χ4v) is 7.56. The number of fused-ring (bicyclic) bond motifs is 1. The molecule has 0 aromatic heterocycles. The van der Waals surface area contributed by atoms with Gasteiger partial charge in [0, 0.05) is 11.6 Å². The van der Waals surface area contributed by atoms with Crippen LogP contribution in [-0.2, 0) is 9.53 Å². The first-order chi connectivity index (χ1) is 19.4. The molecule has 218 valence electrons. The topological polar surface area (TPSA) is 116 Å². The van der Waals surface area contributed by atoms with E-state index in [2.05, 4.69) is 26.1 Å². The number of hydrogen-bond donors (Lipinski definition) is 4. The summed E-state index contributed by atoms with van der Waals surface area (Å²) in [6, 6.07) is 16.3. The molecule has 0 amide bonds. The van der Waals surface area contributed by atoms with Crippen molar-refractivity contribution in [3.63, 3.8) is 0 Å². The Morgan fingerprint density at radius 3 is 2.41 bits per heavy atom. The Balaban J connectivity index is 1.58. The van der Waals surface area contributed by atoms with E-state index >= 15 is 0 Å². The third-order valence-electron chi connectivity index (χ3n) is 10.1. The maximum atomic E-state index is 14.5. The Hall–Kier alpha value is -3.26. The smallest absolute Gasteiger partial charge is 0.340 e. The highest BCUT2D eigenvalue weighted by Gasteiger charge is 2.72. The molecule has 3 aliphatic carbocycles. The van der Waals surface area contributed by atoms with Crippen LogP contribution in [0.5, 0.6) is 0 Å². The van der Waals surface area contributed by atoms with Crippen molar-refractivity contribution in [1.82, 2.24) is 0 Å². The summed E-state index contributed by atoms with van der Waals surface area (Å²) >= 11 is 0. The minimum atomic E-state index is -2.20. The third-order valence-corrected chi connectivity index (χ3v) is 10.1. The van der Waals surface area contributed by atoms with Gasteiger partial charge in [-0.15, -0.1) is 0 Å². The molecule has 2 aromatic carbocycles. The van der Waals surface area contributed by atoms with Crippen LogP contribution in [0.3, 0.4) is 0 Å². The summed E-state index contributed by atoms with van der Waals surface area (Å²) in [6.07, 6.45) is 1.64. The molecule has 0 aliphatic heterocycles. The van der Waals surface area contributed by atoms with E-state index in [1.807, 2.05) is 37.3 Å². The lowest BCUT2D eigenvalue weighted by molar-refractivity contribution is -0.190. The SMILES string of the molecule is CC1=C[C@]23C(=O)[C@@H](C=C(CO)[C@@H](O)[C@]2(O)[C@H]1OC(=O)c1ccccc1Nc1ccccc1)CC(C)(C(C)C)C[C@H]3C. The Labute approximate surface area is 241 Å². The van der Waals surface area contributed by atoms with E-state index < -0.39 is 41.7 Å². The molecule has 7 heteroatoms. The van der Waals surface area contributed by atoms with Crippen LogP contribution >= 0.6 is 0 Å². The summed E-state index contributed by atoms with van der Waals surface area (Å²) in [4.78, 5) is 28.3. The number of esters is 1. The zero-order valence-corrected chi connectivity index (χ0v) is 24.4. The van der Waals surface area contributed by atoms with Crippen molar-refractivity contribution in [2.75, 3.05) is 11.9 Å². The highest BCUT2D eigenvalue weighted by Crippen LogP contribution is 2.62. The largest absolute Gasteiger partial charge is 0.451 e. The average molecular weight is 560 g/mol. The molecule has 3 aliphatic rings. The monoisotopic (exact) mass is 559 g/mol. The number of ketones is 1. The minimum absolute atomic E-state index is 0.170. The van der Waals surface area contributed by atoms with Gasteiger partial charge in [0.25, 0.3) is 0 Å². The number of hydrogen-bond acceptors (Lipinski definition) is 7. The molecule has 0 heterocycles. The standard InChI is InChI=1S/C34H41NO6/c1-20(2)32(5)17-22(4)33-16-21(3)30(34(33,40)29(38)24(19-36)15-23(18-32)28(33)37)41-31(39)26-13-9-10-14-27(26)35-25-11-7-6-8-12-25/h6-16,20,22-23,29-30,35-36,38,40H,17-19H2,1-5H3/t22-,23+,29-,30+,32?,33+,34+/m1/s1. The van der Waals surface area contributed by atoms with Gasteiger partial charge in [0.2, 0.25) is 0 Å². The summed E-state index contributed by atoms with van der Waals surface area (Å²) in [5.74, 6) is -1.62. The lowest BCUT2D eigenvalue weighted by atomic mass is 9.58. The first-order valence-corrected chi connectivity index (χ1v) is 14.5. The molecule has 2 aromatic rings. The summed E-state index contributed by atoms with van der Waals surface area (Å²) in [6.45, 7) is 9.57. The van der Waals surface area contributed by atoms with Gasteiger partial charge in [0.05, 0.1) is 23.3 Å². The zero-order valence-electron chi connectivity index (χ0n) is 24.4. The van der Waals surface area contributed by atoms with E-state index in [0.29, 0.717) is 24.1 Å². The van der Waals surface area contributed by atoms with Crippen molar-refractivity contribution in [3.05, 3.63) is 83.5 Å². The van der Waals surface area contributed by atoms with Crippen molar-refractivity contribution < 1.29 is 29.6 Å². The van der Waals surface area contributed by atoms with Crippen molar-refractivity contribution in [2.24, 2.45) is 28.6 Å². The molecule has 1 spiro atoms. The number of carbonyl (C=O) groups is 2. The maximum absolute atomic E-state index is 14.5. The number of carbonyl (C=O) groups excluding carboxylic acids is 2. The Morgan fingerprint density at radius 1 is 1.10 bits per heavy atom. The average Bonchev–Trinajstić information content (AvgIpc) is 3.10. The van der Waals surface area contributed by atoms with Gasteiger partial charge >= 0.3 is 5.97 Å². The fourth-order valence-electron chi connectivity index (χ4n) is 7.56. The quantitative estimate of drug-likeness (QED) is 0.284. The summed E-state index contributed by atoms with van der Waals surface area (Å²) in [7, 11) is 0. The predicted molar refractivity (Wildman–Crippen MR) is 158 cm³/mol. The lowest BCUT2D eigenvalue weighted by Crippen LogP contribution is -2.65. The zero-order chi connectivity index (χ0) is 29.7. The van der Waals surface area contributed by atoms with Crippen LogP contribution in [0.15, 0.2) is 77.9 Å². The van der Waals surface area contributed by atoms with Gasteiger partial charge in [-0.2, -0.15) is 0 Å². The normalized spacial score (nSPS) is 34.7. The Bertz CT molecular complexity index is 1400. The van der Waals surface area contributed by atoms with Crippen LogP contribution in [0.25, 0.3) is 0 Å². The number of ether oxygens (including phenoxy) is 1. The number of nitrogens with one attached hydrogen (secondary N) is 1. The van der Waals surface area contributed by atoms with Crippen LogP contribution in [-0.4, -0.2) is 51.5 Å². The minimum Gasteiger partial charge on any atom is -0.451 e. The lowest BCUT2D eigenvalue weighted by Gasteiger charge is -2.49. The van der Waals surface area contributed by atoms with Crippen LogP contribution in [0.1, 0.15) is 57.8 Å². The van der Waals surface area contributed by atoms with Crippen molar-refractivity contribution in [3.8, 4) is 0 Å². The van der Waals surface area contributed by atoms with Crippen molar-refractivity contribution in [1.29, 1.82) is 0 Å². The molecule has 5 rings (SSSR count). The van der Waals surface area contributed by atoms with Gasteiger partial charge in [-0.3, -0.25) is 4.79 Å². The fraction of sp³-hybridized carbons (Fsp3) is 0.471. The molecular weight excluding hydrogens is 518 g/mol. The van der Waals surface area contributed by atoms with Crippen molar-refractivity contribution in [2.45, 2.75) is 65.3 Å². The molecule has 7 nitrogen and oxygen atoms in total. The Kier molecular flexibility index (Phi) is 7.51. The summed E-state index contributed by atoms with van der Waals surface area (Å²) in [5, 5.41) is 38.0. The van der Waals surface area contributed by atoms with Crippen LogP contribution in [0.4, 0.5) is 11.4 Å². The molecule has 41 heavy (non-hydrogen) atoms. The molecule has 0 radical (unpaired) electrons. The number of Topliss-reactive ketones (excluding diaryl/α,β-unsaturated/α-hetero) is 1. The van der Waals surface area contributed by atoms with Gasteiger partial charge in [-0.05, 0) is 72.4 Å². The van der Waals surface area contributed by atoms with E-state index in [1.54, 1.807) is 43.3 Å². The number of para-hydroxylation sites is 2. The summed E-state index contributed by atoms with van der Waals surface area (Å²) in [5.41, 5.74) is -1.69. The second kappa shape index (κ2) is 10.5. The van der Waals surface area contributed by atoms with E-state index in [0.717, 1.165) is 5.69 Å². The van der Waals surface area contributed by atoms with Crippen LogP contribution in [0.2, 0.25) is 0 Å². The molecule has 1 saturated carbocycles. The molecule has 7 atom stereocenters. The molecule has 2 bridgehead atoms. The number of rotatable bonds is 6. The first-order valence-electron chi connectivity index (χ1n) is 14.5. The molecule has 1 fully saturated rings. The number of benzene rings is 2. The van der Waals surface area contributed by atoms with Gasteiger partial charge in [-0.1, -0.05) is 70.2 Å². The highest BCUT2D eigenvalue weighted by molar-refractivity contribution is 5.98.